The van der Waals surface area contributed by atoms with E-state index in [0.717, 1.165) is 27.8 Å². The number of hydrogen-bond acceptors (Lipinski definition) is 2. The summed E-state index contributed by atoms with van der Waals surface area (Å²) in [6.45, 7) is 3.32. The molecular formula is C18H22BrN3O. The highest BCUT2D eigenvalue weighted by Crippen LogP contribution is 2.20. The maximum Gasteiger partial charge on any atom is 0.319 e. The van der Waals surface area contributed by atoms with Crippen molar-refractivity contribution < 1.29 is 4.79 Å². The molecule has 0 aliphatic rings. The number of urea groups is 1. The summed E-state index contributed by atoms with van der Waals surface area (Å²) in [7, 11) is 4.07. The molecule has 0 aliphatic heterocycles. The zero-order valence-electron chi connectivity index (χ0n) is 13.7. The van der Waals surface area contributed by atoms with Gasteiger partial charge in [0.15, 0.2) is 0 Å². The van der Waals surface area contributed by atoms with Crippen molar-refractivity contribution in [3.63, 3.8) is 0 Å². The van der Waals surface area contributed by atoms with Crippen LogP contribution in [0.5, 0.6) is 0 Å². The first kappa shape index (κ1) is 17.5. The van der Waals surface area contributed by atoms with Crippen molar-refractivity contribution in [1.82, 2.24) is 10.2 Å². The van der Waals surface area contributed by atoms with Crippen molar-refractivity contribution in [2.45, 2.75) is 20.0 Å². The van der Waals surface area contributed by atoms with E-state index in [2.05, 4.69) is 37.5 Å². The van der Waals surface area contributed by atoms with Crippen LogP contribution in [0.3, 0.4) is 0 Å². The Hall–Kier alpha value is -1.85. The molecular weight excluding hydrogens is 354 g/mol. The highest BCUT2D eigenvalue weighted by atomic mass is 79.9. The van der Waals surface area contributed by atoms with Crippen molar-refractivity contribution in [1.29, 1.82) is 0 Å². The number of carbonyl (C=O) groups excluding carboxylic acids is 1. The fourth-order valence-electron chi connectivity index (χ4n) is 2.33. The minimum atomic E-state index is -0.199. The third-order valence-corrected chi connectivity index (χ3v) is 3.97. The molecule has 2 amide bonds. The third-order valence-electron chi connectivity index (χ3n) is 3.48. The highest BCUT2D eigenvalue weighted by Gasteiger charge is 2.07. The normalized spacial score (nSPS) is 10.7. The van der Waals surface area contributed by atoms with E-state index in [0.29, 0.717) is 6.54 Å². The molecule has 2 aromatic rings. The first-order valence-corrected chi connectivity index (χ1v) is 8.27. The van der Waals surface area contributed by atoms with Gasteiger partial charge in [0, 0.05) is 23.2 Å². The van der Waals surface area contributed by atoms with E-state index in [9.17, 15) is 4.79 Å². The molecule has 23 heavy (non-hydrogen) atoms. The van der Waals surface area contributed by atoms with Crippen molar-refractivity contribution in [2.24, 2.45) is 0 Å². The lowest BCUT2D eigenvalue weighted by Gasteiger charge is -2.15. The maximum atomic E-state index is 12.1. The first-order valence-electron chi connectivity index (χ1n) is 7.48. The second-order valence-electron chi connectivity index (χ2n) is 5.77. The van der Waals surface area contributed by atoms with Gasteiger partial charge in [0.1, 0.15) is 0 Å². The van der Waals surface area contributed by atoms with Gasteiger partial charge in [-0.05, 0) is 55.9 Å². The Morgan fingerprint density at radius 3 is 2.48 bits per heavy atom. The van der Waals surface area contributed by atoms with Crippen LogP contribution in [0.4, 0.5) is 10.5 Å². The summed E-state index contributed by atoms with van der Waals surface area (Å²) in [4.78, 5) is 14.2. The molecule has 0 heterocycles. The van der Waals surface area contributed by atoms with E-state index >= 15 is 0 Å². The standard InChI is InChI=1S/C18H22BrN3O/c1-13-10-16(19)8-9-17(13)21-18(23)20-11-14-6-4-5-7-15(14)12-22(2)3/h4-10H,11-12H2,1-3H3,(H2,20,21,23). The molecule has 0 saturated carbocycles. The average Bonchev–Trinajstić information content (AvgIpc) is 2.49. The summed E-state index contributed by atoms with van der Waals surface area (Å²) in [5.74, 6) is 0. The van der Waals surface area contributed by atoms with Gasteiger partial charge in [0.25, 0.3) is 0 Å². The number of nitrogens with one attached hydrogen (secondary N) is 2. The van der Waals surface area contributed by atoms with Crippen LogP contribution in [0.2, 0.25) is 0 Å². The number of halogens is 1. The van der Waals surface area contributed by atoms with Crippen molar-refractivity contribution in [3.05, 3.63) is 63.6 Å². The molecule has 122 valence electrons. The van der Waals surface area contributed by atoms with Crippen LogP contribution in [0.1, 0.15) is 16.7 Å². The van der Waals surface area contributed by atoms with E-state index in [4.69, 9.17) is 0 Å². The smallest absolute Gasteiger partial charge is 0.319 e. The predicted molar refractivity (Wildman–Crippen MR) is 98.6 cm³/mol. The van der Waals surface area contributed by atoms with Crippen LogP contribution in [0.25, 0.3) is 0 Å². The van der Waals surface area contributed by atoms with Gasteiger partial charge in [-0.1, -0.05) is 40.2 Å². The second kappa shape index (κ2) is 8.13. The summed E-state index contributed by atoms with van der Waals surface area (Å²) in [5.41, 5.74) is 4.18. The summed E-state index contributed by atoms with van der Waals surface area (Å²) >= 11 is 3.42. The molecule has 5 heteroatoms. The number of amides is 2. The number of rotatable bonds is 5. The van der Waals surface area contributed by atoms with Gasteiger partial charge in [0.2, 0.25) is 0 Å². The molecule has 4 nitrogen and oxygen atoms in total. The molecule has 0 saturated heterocycles. The van der Waals surface area contributed by atoms with Crippen LogP contribution in [-0.2, 0) is 13.1 Å². The van der Waals surface area contributed by atoms with Crippen molar-refractivity contribution in [3.8, 4) is 0 Å². The second-order valence-corrected chi connectivity index (χ2v) is 6.69. The molecule has 0 fully saturated rings. The molecule has 2 aromatic carbocycles. The predicted octanol–water partition coefficient (Wildman–Crippen LogP) is 4.14. The lowest BCUT2D eigenvalue weighted by Crippen LogP contribution is -2.29. The molecule has 0 unspecified atom stereocenters. The van der Waals surface area contributed by atoms with Crippen LogP contribution in [-0.4, -0.2) is 25.0 Å². The van der Waals surface area contributed by atoms with Crippen LogP contribution in [0, 0.1) is 6.92 Å². The quantitative estimate of drug-likeness (QED) is 0.824. The third kappa shape index (κ3) is 5.37. The summed E-state index contributed by atoms with van der Waals surface area (Å²) < 4.78 is 0.999. The lowest BCUT2D eigenvalue weighted by molar-refractivity contribution is 0.251. The van der Waals surface area contributed by atoms with Crippen molar-refractivity contribution in [2.75, 3.05) is 19.4 Å². The minimum absolute atomic E-state index is 0.199. The monoisotopic (exact) mass is 375 g/mol. The van der Waals surface area contributed by atoms with Gasteiger partial charge in [-0.15, -0.1) is 0 Å². The van der Waals surface area contributed by atoms with Crippen LogP contribution >= 0.6 is 15.9 Å². The number of benzene rings is 2. The SMILES string of the molecule is Cc1cc(Br)ccc1NC(=O)NCc1ccccc1CN(C)C. The summed E-state index contributed by atoms with van der Waals surface area (Å²) in [6, 6.07) is 13.7. The zero-order valence-corrected chi connectivity index (χ0v) is 15.3. The van der Waals surface area contributed by atoms with Gasteiger partial charge in [0.05, 0.1) is 0 Å². The molecule has 0 bridgehead atoms. The van der Waals surface area contributed by atoms with Gasteiger partial charge in [-0.25, -0.2) is 4.79 Å². The van der Waals surface area contributed by atoms with Crippen LogP contribution < -0.4 is 10.6 Å². The Bertz CT molecular complexity index is 686. The lowest BCUT2D eigenvalue weighted by atomic mass is 10.1. The molecule has 0 aliphatic carbocycles. The molecule has 2 rings (SSSR count). The van der Waals surface area contributed by atoms with Gasteiger partial charge < -0.3 is 15.5 Å². The summed E-state index contributed by atoms with van der Waals surface area (Å²) in [5, 5.41) is 5.81. The molecule has 0 aromatic heterocycles. The number of anilines is 1. The molecule has 0 spiro atoms. The number of aryl methyl sites for hydroxylation is 1. The summed E-state index contributed by atoms with van der Waals surface area (Å²) in [6.07, 6.45) is 0. The first-order chi connectivity index (χ1) is 11.0. The number of hydrogen-bond donors (Lipinski definition) is 2. The average molecular weight is 376 g/mol. The highest BCUT2D eigenvalue weighted by molar-refractivity contribution is 9.10. The number of nitrogens with zero attached hydrogens (tertiary/aromatic N) is 1. The zero-order chi connectivity index (χ0) is 16.8. The fourth-order valence-corrected chi connectivity index (χ4v) is 2.81. The molecule has 0 radical (unpaired) electrons. The van der Waals surface area contributed by atoms with Crippen molar-refractivity contribution >= 4 is 27.6 Å². The van der Waals surface area contributed by atoms with E-state index in [-0.39, 0.29) is 6.03 Å². The van der Waals surface area contributed by atoms with E-state index in [1.54, 1.807) is 0 Å². The van der Waals surface area contributed by atoms with Crippen LogP contribution in [0.15, 0.2) is 46.9 Å². The number of carbonyl (C=O) groups is 1. The largest absolute Gasteiger partial charge is 0.334 e. The minimum Gasteiger partial charge on any atom is -0.334 e. The van der Waals surface area contributed by atoms with Gasteiger partial charge >= 0.3 is 6.03 Å². The molecule has 0 atom stereocenters. The Morgan fingerprint density at radius 2 is 1.83 bits per heavy atom. The van der Waals surface area contributed by atoms with E-state index in [1.807, 2.05) is 57.4 Å². The van der Waals surface area contributed by atoms with Gasteiger partial charge in [-0.3, -0.25) is 0 Å². The molecule has 2 N–H and O–H groups in total. The Labute approximate surface area is 146 Å². The van der Waals surface area contributed by atoms with E-state index in [1.165, 1.54) is 5.56 Å². The topological polar surface area (TPSA) is 44.4 Å². The Morgan fingerprint density at radius 1 is 1.13 bits per heavy atom. The fraction of sp³-hybridized carbons (Fsp3) is 0.278. The Kier molecular flexibility index (Phi) is 6.19. The Balaban J connectivity index is 1.97. The van der Waals surface area contributed by atoms with E-state index < -0.39 is 0 Å². The maximum absolute atomic E-state index is 12.1. The van der Waals surface area contributed by atoms with Gasteiger partial charge in [-0.2, -0.15) is 0 Å².